The zero-order valence-electron chi connectivity index (χ0n) is 11.9. The SMILES string of the molecule is Cc1nccc([C@@H]2CCCN(C(=O)c3cncnc3)C2)n1. The first-order valence-corrected chi connectivity index (χ1v) is 7.08. The predicted octanol–water partition coefficient (Wildman–Crippen LogP) is 1.59. The summed E-state index contributed by atoms with van der Waals surface area (Å²) in [6.45, 7) is 3.34. The van der Waals surface area contributed by atoms with Gasteiger partial charge in [0, 0.05) is 43.3 Å². The molecule has 0 unspecified atom stereocenters. The molecule has 6 heteroatoms. The highest BCUT2D eigenvalue weighted by Gasteiger charge is 2.26. The van der Waals surface area contributed by atoms with Crippen LogP contribution in [-0.4, -0.2) is 43.8 Å². The lowest BCUT2D eigenvalue weighted by atomic mass is 9.94. The minimum absolute atomic E-state index is 0.00826. The van der Waals surface area contributed by atoms with E-state index in [2.05, 4.69) is 19.9 Å². The summed E-state index contributed by atoms with van der Waals surface area (Å²) in [5.74, 6) is 1.03. The van der Waals surface area contributed by atoms with Crippen molar-refractivity contribution in [3.8, 4) is 0 Å². The molecule has 0 radical (unpaired) electrons. The number of hydrogen-bond acceptors (Lipinski definition) is 5. The van der Waals surface area contributed by atoms with Crippen LogP contribution < -0.4 is 0 Å². The van der Waals surface area contributed by atoms with E-state index >= 15 is 0 Å². The number of amides is 1. The molecule has 0 aliphatic carbocycles. The largest absolute Gasteiger partial charge is 0.338 e. The van der Waals surface area contributed by atoms with Gasteiger partial charge in [-0.1, -0.05) is 0 Å². The van der Waals surface area contributed by atoms with Crippen LogP contribution in [0.15, 0.2) is 31.0 Å². The van der Waals surface area contributed by atoms with Crippen molar-refractivity contribution in [3.63, 3.8) is 0 Å². The maximum absolute atomic E-state index is 12.5. The van der Waals surface area contributed by atoms with Crippen LogP contribution in [0.2, 0.25) is 0 Å². The lowest BCUT2D eigenvalue weighted by molar-refractivity contribution is 0.0705. The normalized spacial score (nSPS) is 18.5. The highest BCUT2D eigenvalue weighted by Crippen LogP contribution is 2.26. The molecule has 108 valence electrons. The average molecular weight is 283 g/mol. The van der Waals surface area contributed by atoms with Crippen molar-refractivity contribution in [1.82, 2.24) is 24.8 Å². The smallest absolute Gasteiger partial charge is 0.257 e. The second-order valence-electron chi connectivity index (χ2n) is 5.25. The molecule has 1 fully saturated rings. The Bertz CT molecular complexity index is 631. The van der Waals surface area contributed by atoms with E-state index in [0.29, 0.717) is 12.1 Å². The molecule has 2 aromatic heterocycles. The maximum atomic E-state index is 12.5. The van der Waals surface area contributed by atoms with Crippen molar-refractivity contribution < 1.29 is 4.79 Å². The van der Waals surface area contributed by atoms with Crippen LogP contribution in [0.4, 0.5) is 0 Å². The highest BCUT2D eigenvalue weighted by atomic mass is 16.2. The maximum Gasteiger partial charge on any atom is 0.257 e. The Morgan fingerprint density at radius 1 is 1.33 bits per heavy atom. The van der Waals surface area contributed by atoms with E-state index in [-0.39, 0.29) is 11.8 Å². The number of nitrogens with zero attached hydrogens (tertiary/aromatic N) is 5. The molecule has 3 rings (SSSR count). The first-order valence-electron chi connectivity index (χ1n) is 7.08. The molecule has 0 aromatic carbocycles. The molecule has 2 aromatic rings. The highest BCUT2D eigenvalue weighted by molar-refractivity contribution is 5.93. The number of carbonyl (C=O) groups is 1. The molecule has 3 heterocycles. The van der Waals surface area contributed by atoms with Crippen LogP contribution in [0.25, 0.3) is 0 Å². The Morgan fingerprint density at radius 2 is 2.14 bits per heavy atom. The van der Waals surface area contributed by atoms with Crippen LogP contribution in [0.3, 0.4) is 0 Å². The van der Waals surface area contributed by atoms with Crippen molar-refractivity contribution in [1.29, 1.82) is 0 Å². The zero-order valence-corrected chi connectivity index (χ0v) is 11.9. The minimum atomic E-state index is -0.00826. The fourth-order valence-electron chi connectivity index (χ4n) is 2.70. The number of likely N-dealkylation sites (tertiary alicyclic amines) is 1. The Labute approximate surface area is 123 Å². The summed E-state index contributed by atoms with van der Waals surface area (Å²) in [6.07, 6.45) is 8.36. The Kier molecular flexibility index (Phi) is 3.85. The number of aromatic nitrogens is 4. The number of piperidine rings is 1. The summed E-state index contributed by atoms with van der Waals surface area (Å²) >= 11 is 0. The third-order valence-corrected chi connectivity index (χ3v) is 3.73. The quantitative estimate of drug-likeness (QED) is 0.837. The zero-order chi connectivity index (χ0) is 14.7. The molecule has 1 saturated heterocycles. The average Bonchev–Trinajstić information content (AvgIpc) is 2.55. The van der Waals surface area contributed by atoms with Gasteiger partial charge < -0.3 is 4.90 Å². The van der Waals surface area contributed by atoms with E-state index in [1.807, 2.05) is 17.9 Å². The first kappa shape index (κ1) is 13.6. The minimum Gasteiger partial charge on any atom is -0.338 e. The first-order chi connectivity index (χ1) is 10.2. The molecular formula is C15H17N5O. The van der Waals surface area contributed by atoms with E-state index < -0.39 is 0 Å². The van der Waals surface area contributed by atoms with Crippen molar-refractivity contribution in [3.05, 3.63) is 48.1 Å². The van der Waals surface area contributed by atoms with Gasteiger partial charge in [0.2, 0.25) is 0 Å². The summed E-state index contributed by atoms with van der Waals surface area (Å²) < 4.78 is 0. The molecule has 1 aliphatic heterocycles. The second kappa shape index (κ2) is 5.95. The topological polar surface area (TPSA) is 71.9 Å². The van der Waals surface area contributed by atoms with E-state index in [9.17, 15) is 4.79 Å². The third kappa shape index (κ3) is 3.04. The monoisotopic (exact) mass is 283 g/mol. The Balaban J connectivity index is 1.75. The van der Waals surface area contributed by atoms with Crippen molar-refractivity contribution in [2.45, 2.75) is 25.7 Å². The van der Waals surface area contributed by atoms with E-state index in [0.717, 1.165) is 30.9 Å². The molecule has 1 amide bonds. The molecule has 21 heavy (non-hydrogen) atoms. The van der Waals surface area contributed by atoms with Crippen molar-refractivity contribution in [2.24, 2.45) is 0 Å². The Hall–Kier alpha value is -2.37. The summed E-state index contributed by atoms with van der Waals surface area (Å²) in [4.78, 5) is 30.8. The third-order valence-electron chi connectivity index (χ3n) is 3.73. The van der Waals surface area contributed by atoms with Crippen LogP contribution in [0.5, 0.6) is 0 Å². The second-order valence-corrected chi connectivity index (χ2v) is 5.25. The number of rotatable bonds is 2. The van der Waals surface area contributed by atoms with E-state index in [4.69, 9.17) is 0 Å². The van der Waals surface area contributed by atoms with Crippen LogP contribution in [0.1, 0.15) is 40.6 Å². The summed E-state index contributed by atoms with van der Waals surface area (Å²) in [5.41, 5.74) is 1.56. The van der Waals surface area contributed by atoms with E-state index in [1.54, 1.807) is 18.6 Å². The molecule has 1 atom stereocenters. The molecule has 0 N–H and O–H groups in total. The molecule has 0 saturated carbocycles. The fourth-order valence-corrected chi connectivity index (χ4v) is 2.70. The lowest BCUT2D eigenvalue weighted by Gasteiger charge is -2.32. The van der Waals surface area contributed by atoms with Gasteiger partial charge in [0.05, 0.1) is 5.56 Å². The number of carbonyl (C=O) groups excluding carboxylic acids is 1. The van der Waals surface area contributed by atoms with Gasteiger partial charge in [-0.15, -0.1) is 0 Å². The van der Waals surface area contributed by atoms with Gasteiger partial charge in [-0.2, -0.15) is 0 Å². The Morgan fingerprint density at radius 3 is 2.90 bits per heavy atom. The predicted molar refractivity (Wildman–Crippen MR) is 76.7 cm³/mol. The number of hydrogen-bond donors (Lipinski definition) is 0. The summed E-state index contributed by atoms with van der Waals surface area (Å²) in [5, 5.41) is 0. The van der Waals surface area contributed by atoms with Crippen molar-refractivity contribution in [2.75, 3.05) is 13.1 Å². The molecular weight excluding hydrogens is 266 g/mol. The van der Waals surface area contributed by atoms with Gasteiger partial charge in [0.15, 0.2) is 0 Å². The summed E-state index contributed by atoms with van der Waals surface area (Å²) in [6, 6.07) is 1.94. The van der Waals surface area contributed by atoms with Gasteiger partial charge in [0.25, 0.3) is 5.91 Å². The van der Waals surface area contributed by atoms with Gasteiger partial charge in [-0.05, 0) is 25.8 Å². The van der Waals surface area contributed by atoms with Gasteiger partial charge >= 0.3 is 0 Å². The van der Waals surface area contributed by atoms with Gasteiger partial charge in [-0.3, -0.25) is 4.79 Å². The molecule has 1 aliphatic rings. The lowest BCUT2D eigenvalue weighted by Crippen LogP contribution is -2.39. The molecule has 0 spiro atoms. The summed E-state index contributed by atoms with van der Waals surface area (Å²) in [7, 11) is 0. The van der Waals surface area contributed by atoms with Gasteiger partial charge in [-0.25, -0.2) is 19.9 Å². The molecule has 6 nitrogen and oxygen atoms in total. The van der Waals surface area contributed by atoms with Crippen LogP contribution in [0, 0.1) is 6.92 Å². The fraction of sp³-hybridized carbons (Fsp3) is 0.400. The van der Waals surface area contributed by atoms with E-state index in [1.165, 1.54) is 6.33 Å². The van der Waals surface area contributed by atoms with Crippen molar-refractivity contribution >= 4 is 5.91 Å². The number of aryl methyl sites for hydroxylation is 1. The van der Waals surface area contributed by atoms with Crippen LogP contribution in [-0.2, 0) is 0 Å². The molecule has 0 bridgehead atoms. The van der Waals surface area contributed by atoms with Gasteiger partial charge in [0.1, 0.15) is 12.2 Å². The standard InChI is InChI=1S/C15H17N5O/c1-11-18-5-4-14(19-11)12-3-2-6-20(9-12)15(21)13-7-16-10-17-8-13/h4-5,7-8,10,12H,2-3,6,9H2,1H3/t12-/m1/s1. The van der Waals surface area contributed by atoms with Crippen LogP contribution >= 0.6 is 0 Å².